The van der Waals surface area contributed by atoms with Crippen molar-refractivity contribution < 1.29 is 9.18 Å². The third kappa shape index (κ3) is 4.24. The summed E-state index contributed by atoms with van der Waals surface area (Å²) >= 11 is 0. The van der Waals surface area contributed by atoms with E-state index >= 15 is 0 Å². The van der Waals surface area contributed by atoms with Crippen LogP contribution in [0, 0.1) is 12.7 Å². The van der Waals surface area contributed by atoms with E-state index in [4.69, 9.17) is 0 Å². The first-order valence-electron chi connectivity index (χ1n) is 6.20. The molecule has 4 heteroatoms. The summed E-state index contributed by atoms with van der Waals surface area (Å²) in [4.78, 5) is 11.6. The Kier molecular flexibility index (Phi) is 4.50. The standard InChI is InChI=1S/C16H15FN2O/c1-12-2-4-13(5-3-12)6-11-16(20)19-18-15-9-7-14(17)8-10-15/h2-11,18H,1H3,(H,19,20). The first-order valence-corrected chi connectivity index (χ1v) is 6.20. The Morgan fingerprint density at radius 1 is 1.05 bits per heavy atom. The molecule has 0 radical (unpaired) electrons. The zero-order valence-electron chi connectivity index (χ0n) is 11.1. The first-order chi connectivity index (χ1) is 9.63. The van der Waals surface area contributed by atoms with E-state index in [0.29, 0.717) is 5.69 Å². The van der Waals surface area contributed by atoms with Crippen LogP contribution in [0.3, 0.4) is 0 Å². The molecule has 1 amide bonds. The lowest BCUT2D eigenvalue weighted by Gasteiger charge is -2.05. The zero-order valence-corrected chi connectivity index (χ0v) is 11.1. The maximum atomic E-state index is 12.7. The van der Waals surface area contributed by atoms with E-state index in [1.807, 2.05) is 31.2 Å². The highest BCUT2D eigenvalue weighted by Gasteiger charge is 1.96. The molecule has 0 saturated carbocycles. The number of rotatable bonds is 4. The third-order valence-electron chi connectivity index (χ3n) is 2.68. The Hall–Kier alpha value is -2.62. The lowest BCUT2D eigenvalue weighted by molar-refractivity contribution is -0.115. The van der Waals surface area contributed by atoms with Gasteiger partial charge in [0, 0.05) is 6.08 Å². The Morgan fingerprint density at radius 2 is 1.70 bits per heavy atom. The van der Waals surface area contributed by atoms with Crippen LogP contribution in [0.15, 0.2) is 54.6 Å². The molecule has 0 fully saturated rings. The quantitative estimate of drug-likeness (QED) is 0.661. The lowest BCUT2D eigenvalue weighted by Crippen LogP contribution is -2.27. The van der Waals surface area contributed by atoms with Crippen molar-refractivity contribution in [2.75, 3.05) is 5.43 Å². The predicted molar refractivity (Wildman–Crippen MR) is 78.4 cm³/mol. The van der Waals surface area contributed by atoms with E-state index in [1.54, 1.807) is 18.2 Å². The van der Waals surface area contributed by atoms with Crippen LogP contribution in [0.2, 0.25) is 0 Å². The lowest BCUT2D eigenvalue weighted by atomic mass is 10.1. The topological polar surface area (TPSA) is 41.1 Å². The molecule has 0 heterocycles. The highest BCUT2D eigenvalue weighted by Crippen LogP contribution is 2.07. The number of hydrogen-bond donors (Lipinski definition) is 2. The maximum Gasteiger partial charge on any atom is 0.262 e. The van der Waals surface area contributed by atoms with Crippen molar-refractivity contribution in [3.05, 3.63) is 71.6 Å². The molecule has 0 atom stereocenters. The molecule has 0 spiro atoms. The van der Waals surface area contributed by atoms with Crippen LogP contribution in [0.5, 0.6) is 0 Å². The molecule has 20 heavy (non-hydrogen) atoms. The summed E-state index contributed by atoms with van der Waals surface area (Å²) in [6, 6.07) is 13.5. The predicted octanol–water partition coefficient (Wildman–Crippen LogP) is 3.29. The highest BCUT2D eigenvalue weighted by molar-refractivity contribution is 5.92. The van der Waals surface area contributed by atoms with Gasteiger partial charge in [-0.1, -0.05) is 29.8 Å². The second-order valence-electron chi connectivity index (χ2n) is 4.37. The van der Waals surface area contributed by atoms with Crippen LogP contribution < -0.4 is 10.9 Å². The molecule has 2 N–H and O–H groups in total. The Bertz CT molecular complexity index is 603. The number of amides is 1. The number of aryl methyl sites for hydroxylation is 1. The van der Waals surface area contributed by atoms with Crippen molar-refractivity contribution in [1.82, 2.24) is 5.43 Å². The van der Waals surface area contributed by atoms with Crippen molar-refractivity contribution in [3.63, 3.8) is 0 Å². The van der Waals surface area contributed by atoms with Gasteiger partial charge in [-0.15, -0.1) is 0 Å². The monoisotopic (exact) mass is 270 g/mol. The Balaban J connectivity index is 1.86. The number of hydrogen-bond acceptors (Lipinski definition) is 2. The van der Waals surface area contributed by atoms with Gasteiger partial charge in [-0.25, -0.2) is 4.39 Å². The number of carbonyl (C=O) groups is 1. The van der Waals surface area contributed by atoms with Crippen LogP contribution in [0.4, 0.5) is 10.1 Å². The largest absolute Gasteiger partial charge is 0.298 e. The van der Waals surface area contributed by atoms with Crippen molar-refractivity contribution >= 4 is 17.7 Å². The molecule has 0 aliphatic carbocycles. The van der Waals surface area contributed by atoms with Gasteiger partial charge >= 0.3 is 0 Å². The van der Waals surface area contributed by atoms with Crippen LogP contribution in [0.1, 0.15) is 11.1 Å². The second-order valence-corrected chi connectivity index (χ2v) is 4.37. The fraction of sp³-hybridized carbons (Fsp3) is 0.0625. The molecular weight excluding hydrogens is 255 g/mol. The van der Waals surface area contributed by atoms with Crippen molar-refractivity contribution in [2.45, 2.75) is 6.92 Å². The van der Waals surface area contributed by atoms with Gasteiger partial charge in [0.15, 0.2) is 0 Å². The molecule has 2 aromatic carbocycles. The molecule has 2 rings (SSSR count). The summed E-state index contributed by atoms with van der Waals surface area (Å²) in [6.07, 6.45) is 3.16. The summed E-state index contributed by atoms with van der Waals surface area (Å²) in [7, 11) is 0. The van der Waals surface area contributed by atoms with Crippen molar-refractivity contribution in [1.29, 1.82) is 0 Å². The molecule has 0 aliphatic heterocycles. The number of nitrogens with one attached hydrogen (secondary N) is 2. The Labute approximate surface area is 117 Å². The van der Waals surface area contributed by atoms with E-state index < -0.39 is 0 Å². The minimum Gasteiger partial charge on any atom is -0.298 e. The van der Waals surface area contributed by atoms with E-state index in [1.165, 1.54) is 23.8 Å². The average molecular weight is 270 g/mol. The van der Waals surface area contributed by atoms with Gasteiger partial charge in [0.25, 0.3) is 5.91 Å². The van der Waals surface area contributed by atoms with Gasteiger partial charge in [-0.2, -0.15) is 0 Å². The molecule has 102 valence electrons. The molecule has 0 bridgehead atoms. The van der Waals surface area contributed by atoms with Gasteiger partial charge in [0.1, 0.15) is 5.82 Å². The molecule has 0 aromatic heterocycles. The van der Waals surface area contributed by atoms with Gasteiger partial charge in [0.2, 0.25) is 0 Å². The molecule has 0 unspecified atom stereocenters. The fourth-order valence-electron chi connectivity index (χ4n) is 1.56. The van der Waals surface area contributed by atoms with Gasteiger partial charge in [-0.3, -0.25) is 15.6 Å². The summed E-state index contributed by atoms with van der Waals surface area (Å²) in [5.41, 5.74) is 7.94. The molecule has 2 aromatic rings. The second kappa shape index (κ2) is 6.52. The zero-order chi connectivity index (χ0) is 14.4. The molecule has 0 aliphatic rings. The Morgan fingerprint density at radius 3 is 2.35 bits per heavy atom. The summed E-state index contributed by atoms with van der Waals surface area (Å²) in [6.45, 7) is 2.01. The van der Waals surface area contributed by atoms with Gasteiger partial charge in [-0.05, 0) is 42.8 Å². The highest BCUT2D eigenvalue weighted by atomic mass is 19.1. The average Bonchev–Trinajstić information content (AvgIpc) is 2.46. The van der Waals surface area contributed by atoms with E-state index in [2.05, 4.69) is 10.9 Å². The normalized spacial score (nSPS) is 10.5. The summed E-state index contributed by atoms with van der Waals surface area (Å²) in [5, 5.41) is 0. The number of anilines is 1. The minimum atomic E-state index is -0.318. The van der Waals surface area contributed by atoms with E-state index in [-0.39, 0.29) is 11.7 Å². The third-order valence-corrected chi connectivity index (χ3v) is 2.68. The van der Waals surface area contributed by atoms with Crippen molar-refractivity contribution in [3.8, 4) is 0 Å². The van der Waals surface area contributed by atoms with Gasteiger partial charge in [0.05, 0.1) is 5.69 Å². The number of benzene rings is 2. The fourth-order valence-corrected chi connectivity index (χ4v) is 1.56. The number of carbonyl (C=O) groups excluding carboxylic acids is 1. The SMILES string of the molecule is Cc1ccc(C=CC(=O)NNc2ccc(F)cc2)cc1. The van der Waals surface area contributed by atoms with Crippen LogP contribution >= 0.6 is 0 Å². The minimum absolute atomic E-state index is 0.282. The number of hydrazine groups is 1. The van der Waals surface area contributed by atoms with E-state index in [0.717, 1.165) is 5.56 Å². The maximum absolute atomic E-state index is 12.7. The summed E-state index contributed by atoms with van der Waals surface area (Å²) in [5.74, 6) is -0.601. The van der Waals surface area contributed by atoms with Gasteiger partial charge < -0.3 is 0 Å². The molecule has 0 saturated heterocycles. The van der Waals surface area contributed by atoms with Crippen LogP contribution in [-0.2, 0) is 4.79 Å². The smallest absolute Gasteiger partial charge is 0.262 e. The molecular formula is C16H15FN2O. The van der Waals surface area contributed by atoms with Crippen LogP contribution in [-0.4, -0.2) is 5.91 Å². The molecule has 3 nitrogen and oxygen atoms in total. The van der Waals surface area contributed by atoms with Crippen LogP contribution in [0.25, 0.3) is 6.08 Å². The first kappa shape index (κ1) is 13.8. The number of halogens is 1. The van der Waals surface area contributed by atoms with Crippen molar-refractivity contribution in [2.24, 2.45) is 0 Å². The van der Waals surface area contributed by atoms with E-state index in [9.17, 15) is 9.18 Å². The summed E-state index contributed by atoms with van der Waals surface area (Å²) < 4.78 is 12.7.